The molecule has 0 spiro atoms. The number of hydrogen-bond acceptors (Lipinski definition) is 5. The average Bonchev–Trinajstić information content (AvgIpc) is 2.64. The quantitative estimate of drug-likeness (QED) is 0.624. The number of ether oxygens (including phenoxy) is 1. The maximum Gasteiger partial charge on any atom is 0.405 e. The highest BCUT2D eigenvalue weighted by Crippen LogP contribution is 2.38. The number of benzene rings is 1. The number of halogens is 1. The number of pyridine rings is 1. The Hall–Kier alpha value is -2.80. The van der Waals surface area contributed by atoms with E-state index < -0.39 is 17.6 Å². The normalized spacial score (nSPS) is 12.4. The minimum Gasteiger partial charge on any atom is -0.443 e. The molecule has 1 amide bonds. The van der Waals surface area contributed by atoms with Gasteiger partial charge in [-0.2, -0.15) is 0 Å². The van der Waals surface area contributed by atoms with Crippen molar-refractivity contribution in [3.63, 3.8) is 0 Å². The van der Waals surface area contributed by atoms with Gasteiger partial charge in [-0.1, -0.05) is 22.0 Å². The standard InChI is InChI=1S/C21H21BrN4O2/c1-13-6-7-15(22)11-16(13)18(21(2,3)28-20(23)27)19-25-10-8-17(26-19)14-5-4-9-24-12-14/h4-12,18H,1-3H3,(H2,23,27). The summed E-state index contributed by atoms with van der Waals surface area (Å²) in [6, 6.07) is 11.6. The molecular formula is C21H21BrN4O2. The van der Waals surface area contributed by atoms with Gasteiger partial charge in [-0.05, 0) is 62.2 Å². The maximum atomic E-state index is 11.6. The van der Waals surface area contributed by atoms with Crippen LogP contribution < -0.4 is 5.73 Å². The van der Waals surface area contributed by atoms with E-state index >= 15 is 0 Å². The van der Waals surface area contributed by atoms with Crippen LogP contribution in [0, 0.1) is 6.92 Å². The molecule has 3 aromatic rings. The van der Waals surface area contributed by atoms with Crippen LogP contribution >= 0.6 is 15.9 Å². The summed E-state index contributed by atoms with van der Waals surface area (Å²) in [7, 11) is 0. The van der Waals surface area contributed by atoms with E-state index in [-0.39, 0.29) is 0 Å². The second-order valence-corrected chi connectivity index (χ2v) is 7.92. The van der Waals surface area contributed by atoms with Gasteiger partial charge in [0.05, 0.1) is 11.6 Å². The van der Waals surface area contributed by atoms with Crippen molar-refractivity contribution < 1.29 is 9.53 Å². The summed E-state index contributed by atoms with van der Waals surface area (Å²) in [5.74, 6) is 0.114. The minimum atomic E-state index is -0.967. The Morgan fingerprint density at radius 3 is 2.68 bits per heavy atom. The molecule has 0 aliphatic carbocycles. The van der Waals surface area contributed by atoms with Crippen LogP contribution in [0.25, 0.3) is 11.3 Å². The molecule has 6 nitrogen and oxygen atoms in total. The van der Waals surface area contributed by atoms with Gasteiger partial charge in [-0.25, -0.2) is 14.8 Å². The van der Waals surface area contributed by atoms with Crippen LogP contribution in [0.2, 0.25) is 0 Å². The number of hydrogen-bond donors (Lipinski definition) is 1. The molecule has 2 heterocycles. The Morgan fingerprint density at radius 2 is 2.00 bits per heavy atom. The van der Waals surface area contributed by atoms with Crippen molar-refractivity contribution in [2.45, 2.75) is 32.3 Å². The Bertz CT molecular complexity index is 993. The van der Waals surface area contributed by atoms with Crippen molar-refractivity contribution >= 4 is 22.0 Å². The molecule has 3 rings (SSSR count). The number of nitrogens with zero attached hydrogens (tertiary/aromatic N) is 3. The Kier molecular flexibility index (Phi) is 5.74. The van der Waals surface area contributed by atoms with Gasteiger partial charge in [0.2, 0.25) is 0 Å². The van der Waals surface area contributed by atoms with E-state index in [0.717, 1.165) is 26.9 Å². The van der Waals surface area contributed by atoms with Crippen LogP contribution in [0.5, 0.6) is 0 Å². The van der Waals surface area contributed by atoms with Crippen molar-refractivity contribution in [1.29, 1.82) is 0 Å². The molecule has 28 heavy (non-hydrogen) atoms. The summed E-state index contributed by atoms with van der Waals surface area (Å²) in [6.07, 6.45) is 4.32. The molecule has 0 radical (unpaired) electrons. The molecule has 1 aromatic carbocycles. The number of carbonyl (C=O) groups excluding carboxylic acids is 1. The van der Waals surface area contributed by atoms with Gasteiger partial charge >= 0.3 is 6.09 Å². The second kappa shape index (κ2) is 8.06. The van der Waals surface area contributed by atoms with Gasteiger partial charge in [-0.15, -0.1) is 0 Å². The van der Waals surface area contributed by atoms with Crippen LogP contribution in [0.3, 0.4) is 0 Å². The van der Waals surface area contributed by atoms with Crippen LogP contribution in [-0.2, 0) is 4.74 Å². The Morgan fingerprint density at radius 1 is 1.21 bits per heavy atom. The van der Waals surface area contributed by atoms with Crippen molar-refractivity contribution in [3.05, 3.63) is 76.4 Å². The average molecular weight is 441 g/mol. The van der Waals surface area contributed by atoms with E-state index in [2.05, 4.69) is 25.9 Å². The van der Waals surface area contributed by atoms with Crippen LogP contribution in [-0.4, -0.2) is 26.6 Å². The summed E-state index contributed by atoms with van der Waals surface area (Å²) in [5.41, 5.74) is 7.98. The van der Waals surface area contributed by atoms with Gasteiger partial charge in [0.25, 0.3) is 0 Å². The van der Waals surface area contributed by atoms with Gasteiger partial charge in [0.15, 0.2) is 0 Å². The van der Waals surface area contributed by atoms with E-state index in [1.165, 1.54) is 0 Å². The third kappa shape index (κ3) is 4.36. The number of rotatable bonds is 5. The topological polar surface area (TPSA) is 91.0 Å². The molecule has 0 saturated heterocycles. The van der Waals surface area contributed by atoms with Crippen LogP contribution in [0.4, 0.5) is 4.79 Å². The molecule has 0 fully saturated rings. The Labute approximate surface area is 172 Å². The zero-order valence-electron chi connectivity index (χ0n) is 15.9. The molecule has 2 aromatic heterocycles. The SMILES string of the molecule is Cc1ccc(Br)cc1C(c1nccc(-c2cccnc2)n1)C(C)(C)OC(N)=O. The molecular weight excluding hydrogens is 420 g/mol. The number of amides is 1. The molecule has 0 bridgehead atoms. The summed E-state index contributed by atoms with van der Waals surface area (Å²) in [6.45, 7) is 5.62. The number of aromatic nitrogens is 3. The van der Waals surface area contributed by atoms with E-state index in [9.17, 15) is 4.79 Å². The van der Waals surface area contributed by atoms with Crippen molar-refractivity contribution in [1.82, 2.24) is 15.0 Å². The summed E-state index contributed by atoms with van der Waals surface area (Å²) >= 11 is 3.52. The molecule has 1 atom stereocenters. The molecule has 0 aliphatic rings. The predicted molar refractivity (Wildman–Crippen MR) is 111 cm³/mol. The highest BCUT2D eigenvalue weighted by Gasteiger charge is 2.38. The fourth-order valence-electron chi connectivity index (χ4n) is 3.25. The lowest BCUT2D eigenvalue weighted by Gasteiger charge is -2.33. The van der Waals surface area contributed by atoms with Crippen LogP contribution in [0.1, 0.15) is 36.7 Å². The highest BCUT2D eigenvalue weighted by atomic mass is 79.9. The fourth-order valence-corrected chi connectivity index (χ4v) is 3.63. The van der Waals surface area contributed by atoms with E-state index in [4.69, 9.17) is 15.5 Å². The number of aryl methyl sites for hydroxylation is 1. The second-order valence-electron chi connectivity index (χ2n) is 7.00. The first kappa shape index (κ1) is 19.9. The van der Waals surface area contributed by atoms with Crippen molar-refractivity contribution in [2.24, 2.45) is 5.73 Å². The molecule has 7 heteroatoms. The molecule has 144 valence electrons. The zero-order valence-corrected chi connectivity index (χ0v) is 17.5. The summed E-state index contributed by atoms with van der Waals surface area (Å²) in [5, 5.41) is 0. The molecule has 2 N–H and O–H groups in total. The summed E-state index contributed by atoms with van der Waals surface area (Å²) in [4.78, 5) is 25.0. The third-order valence-corrected chi connectivity index (χ3v) is 4.99. The fraction of sp³-hybridized carbons (Fsp3) is 0.238. The van der Waals surface area contributed by atoms with Crippen LogP contribution in [0.15, 0.2) is 59.5 Å². The van der Waals surface area contributed by atoms with Crippen molar-refractivity contribution in [2.75, 3.05) is 0 Å². The zero-order chi connectivity index (χ0) is 20.3. The summed E-state index contributed by atoms with van der Waals surface area (Å²) < 4.78 is 6.39. The first-order valence-electron chi connectivity index (χ1n) is 8.76. The lowest BCUT2D eigenvalue weighted by molar-refractivity contribution is 0.0312. The molecule has 0 aliphatic heterocycles. The largest absolute Gasteiger partial charge is 0.443 e. The first-order chi connectivity index (χ1) is 13.3. The predicted octanol–water partition coefficient (Wildman–Crippen LogP) is 4.62. The minimum absolute atomic E-state index is 0.422. The van der Waals surface area contributed by atoms with E-state index in [1.54, 1.807) is 18.6 Å². The lowest BCUT2D eigenvalue weighted by Crippen LogP contribution is -2.39. The van der Waals surface area contributed by atoms with Gasteiger partial charge in [0, 0.05) is 28.6 Å². The number of carbonyl (C=O) groups is 1. The van der Waals surface area contributed by atoms with Gasteiger partial charge in [0.1, 0.15) is 11.4 Å². The van der Waals surface area contributed by atoms with Gasteiger partial charge < -0.3 is 10.5 Å². The van der Waals surface area contributed by atoms with Crippen molar-refractivity contribution in [3.8, 4) is 11.3 Å². The Balaban J connectivity index is 2.17. The molecule has 0 saturated carbocycles. The van der Waals surface area contributed by atoms with E-state index in [1.807, 2.05) is 57.2 Å². The smallest absolute Gasteiger partial charge is 0.405 e. The van der Waals surface area contributed by atoms with Gasteiger partial charge in [-0.3, -0.25) is 4.98 Å². The third-order valence-electron chi connectivity index (χ3n) is 4.50. The van der Waals surface area contributed by atoms with E-state index in [0.29, 0.717) is 5.82 Å². The monoisotopic (exact) mass is 440 g/mol. The first-order valence-corrected chi connectivity index (χ1v) is 9.55. The molecule has 1 unspecified atom stereocenters. The number of primary amides is 1. The number of nitrogens with two attached hydrogens (primary N) is 1. The maximum absolute atomic E-state index is 11.6. The highest BCUT2D eigenvalue weighted by molar-refractivity contribution is 9.10. The lowest BCUT2D eigenvalue weighted by atomic mass is 9.81.